The Kier molecular flexibility index (Phi) is 6.50. The van der Waals surface area contributed by atoms with Gasteiger partial charge in [-0.25, -0.2) is 13.8 Å². The highest BCUT2D eigenvalue weighted by Gasteiger charge is 2.25. The third-order valence-electron chi connectivity index (χ3n) is 4.89. The number of nitrogens with zero attached hydrogens (tertiary/aromatic N) is 1. The normalized spacial score (nSPS) is 17.0. The van der Waals surface area contributed by atoms with Crippen LogP contribution in [-0.4, -0.2) is 27.1 Å². The number of hydrogen-bond acceptors (Lipinski definition) is 5. The molecule has 1 aliphatic rings. The van der Waals surface area contributed by atoms with Crippen LogP contribution in [0.5, 0.6) is 5.75 Å². The zero-order chi connectivity index (χ0) is 22.6. The van der Waals surface area contributed by atoms with Gasteiger partial charge in [0, 0.05) is 5.56 Å². The van der Waals surface area contributed by atoms with Crippen molar-refractivity contribution in [3.63, 3.8) is 0 Å². The zero-order valence-electron chi connectivity index (χ0n) is 18.1. The van der Waals surface area contributed by atoms with E-state index in [4.69, 9.17) is 4.74 Å². The number of nitrogens with one attached hydrogen (secondary N) is 2. The summed E-state index contributed by atoms with van der Waals surface area (Å²) >= 11 is 0. The number of anilines is 1. The van der Waals surface area contributed by atoms with Crippen LogP contribution in [-0.2, 0) is 10.0 Å². The van der Waals surface area contributed by atoms with Crippen LogP contribution < -0.4 is 14.9 Å². The van der Waals surface area contributed by atoms with Gasteiger partial charge in [-0.15, -0.1) is 0 Å². The van der Waals surface area contributed by atoms with Gasteiger partial charge in [-0.1, -0.05) is 37.6 Å². The molecular formula is C23H27N3O4S. The Labute approximate surface area is 183 Å². The third kappa shape index (κ3) is 5.73. The van der Waals surface area contributed by atoms with Gasteiger partial charge in [0.25, 0.3) is 15.9 Å². The van der Waals surface area contributed by atoms with Crippen LogP contribution in [0.2, 0.25) is 0 Å². The molecule has 0 radical (unpaired) electrons. The molecule has 8 heteroatoms. The molecule has 0 unspecified atom stereocenters. The predicted molar refractivity (Wildman–Crippen MR) is 122 cm³/mol. The van der Waals surface area contributed by atoms with Gasteiger partial charge in [-0.3, -0.25) is 9.52 Å². The Balaban J connectivity index is 1.78. The lowest BCUT2D eigenvalue weighted by Gasteiger charge is -2.29. The van der Waals surface area contributed by atoms with Gasteiger partial charge in [0.15, 0.2) is 0 Å². The number of para-hydroxylation sites is 2. The molecule has 0 atom stereocenters. The largest absolute Gasteiger partial charge is 0.495 e. The van der Waals surface area contributed by atoms with E-state index in [1.54, 1.807) is 30.3 Å². The monoisotopic (exact) mass is 441 g/mol. The molecule has 1 amide bonds. The molecule has 0 bridgehead atoms. The van der Waals surface area contributed by atoms with Crippen molar-refractivity contribution in [2.45, 2.75) is 38.5 Å². The maximum absolute atomic E-state index is 12.8. The summed E-state index contributed by atoms with van der Waals surface area (Å²) in [5.74, 6) is -0.0779. The first-order valence-electron chi connectivity index (χ1n) is 9.90. The summed E-state index contributed by atoms with van der Waals surface area (Å²) in [7, 11) is -2.45. The Morgan fingerprint density at radius 3 is 2.55 bits per heavy atom. The molecule has 0 aliphatic heterocycles. The van der Waals surface area contributed by atoms with E-state index >= 15 is 0 Å². The van der Waals surface area contributed by atoms with Gasteiger partial charge >= 0.3 is 0 Å². The summed E-state index contributed by atoms with van der Waals surface area (Å²) in [6.45, 7) is 6.36. The average Bonchev–Trinajstić information content (AvgIpc) is 2.71. The fraction of sp³-hybridized carbons (Fsp3) is 0.304. The average molecular weight is 442 g/mol. The minimum absolute atomic E-state index is 0.0340. The van der Waals surface area contributed by atoms with Gasteiger partial charge in [-0.2, -0.15) is 5.10 Å². The second-order valence-electron chi connectivity index (χ2n) is 8.39. The topological polar surface area (TPSA) is 96.9 Å². The molecule has 0 spiro atoms. The van der Waals surface area contributed by atoms with E-state index in [1.165, 1.54) is 30.9 Å². The highest BCUT2D eigenvalue weighted by Crippen LogP contribution is 2.33. The number of allylic oxidation sites excluding steroid dienone is 2. The summed E-state index contributed by atoms with van der Waals surface area (Å²) < 4.78 is 33.3. The smallest absolute Gasteiger partial charge is 0.271 e. The molecule has 0 heterocycles. The first kappa shape index (κ1) is 22.6. The van der Waals surface area contributed by atoms with E-state index in [0.29, 0.717) is 11.4 Å². The molecule has 0 saturated carbocycles. The molecule has 0 saturated heterocycles. The third-order valence-corrected chi connectivity index (χ3v) is 6.25. The van der Waals surface area contributed by atoms with Crippen molar-refractivity contribution < 1.29 is 17.9 Å². The van der Waals surface area contributed by atoms with E-state index in [2.05, 4.69) is 29.1 Å². The van der Waals surface area contributed by atoms with Crippen molar-refractivity contribution in [2.75, 3.05) is 11.8 Å². The van der Waals surface area contributed by atoms with E-state index in [9.17, 15) is 13.2 Å². The van der Waals surface area contributed by atoms with Crippen molar-refractivity contribution in [3.05, 3.63) is 65.7 Å². The van der Waals surface area contributed by atoms with Gasteiger partial charge in [0.1, 0.15) is 5.75 Å². The molecule has 31 heavy (non-hydrogen) atoms. The molecule has 0 fully saturated rings. The lowest BCUT2D eigenvalue weighted by molar-refractivity contribution is 0.0954. The molecule has 2 aromatic rings. The van der Waals surface area contributed by atoms with Gasteiger partial charge in [0.05, 0.1) is 23.4 Å². The fourth-order valence-electron chi connectivity index (χ4n) is 3.69. The Bertz CT molecular complexity index is 1150. The number of benzene rings is 2. The van der Waals surface area contributed by atoms with Crippen LogP contribution in [0, 0.1) is 5.41 Å². The van der Waals surface area contributed by atoms with E-state index in [-0.39, 0.29) is 15.9 Å². The number of rotatable bonds is 6. The fourth-order valence-corrected chi connectivity index (χ4v) is 4.81. The second kappa shape index (κ2) is 8.93. The SMILES string of the molecule is COc1ccccc1NS(=O)(=O)c1cccc(C(=O)NN=C2C=C(C)CC(C)(C)C2)c1. The number of carbonyl (C=O) groups excluding carboxylic acids is 1. The van der Waals surface area contributed by atoms with Crippen LogP contribution in [0.1, 0.15) is 44.0 Å². The number of sulfonamides is 1. The van der Waals surface area contributed by atoms with Crippen molar-refractivity contribution in [1.29, 1.82) is 0 Å². The quantitative estimate of drug-likeness (QED) is 0.652. The van der Waals surface area contributed by atoms with Crippen LogP contribution in [0.3, 0.4) is 0 Å². The summed E-state index contributed by atoms with van der Waals surface area (Å²) in [6.07, 6.45) is 3.71. The number of amides is 1. The highest BCUT2D eigenvalue weighted by atomic mass is 32.2. The van der Waals surface area contributed by atoms with Crippen LogP contribution in [0.4, 0.5) is 5.69 Å². The number of hydrogen-bond donors (Lipinski definition) is 2. The van der Waals surface area contributed by atoms with Crippen molar-refractivity contribution >= 4 is 27.3 Å². The standard InChI is InChI=1S/C23H27N3O4S/c1-16-12-18(15-23(2,3)14-16)24-25-22(27)17-8-7-9-19(13-17)31(28,29)26-20-10-5-6-11-21(20)30-4/h5-13,26H,14-15H2,1-4H3,(H,25,27). The summed E-state index contributed by atoms with van der Waals surface area (Å²) in [6, 6.07) is 12.5. The highest BCUT2D eigenvalue weighted by molar-refractivity contribution is 7.92. The van der Waals surface area contributed by atoms with E-state index in [1.807, 2.05) is 13.0 Å². The number of carbonyl (C=O) groups is 1. The van der Waals surface area contributed by atoms with Crippen LogP contribution >= 0.6 is 0 Å². The van der Waals surface area contributed by atoms with Gasteiger partial charge < -0.3 is 4.74 Å². The lowest BCUT2D eigenvalue weighted by Crippen LogP contribution is -2.25. The Morgan fingerprint density at radius 1 is 1.10 bits per heavy atom. The molecule has 2 aromatic carbocycles. The van der Waals surface area contributed by atoms with Crippen LogP contribution in [0.25, 0.3) is 0 Å². The predicted octanol–water partition coefficient (Wildman–Crippen LogP) is 4.35. The van der Waals surface area contributed by atoms with E-state index < -0.39 is 15.9 Å². The second-order valence-corrected chi connectivity index (χ2v) is 10.1. The minimum Gasteiger partial charge on any atom is -0.495 e. The Hall–Kier alpha value is -3.13. The zero-order valence-corrected chi connectivity index (χ0v) is 18.9. The van der Waals surface area contributed by atoms with E-state index in [0.717, 1.165) is 18.6 Å². The van der Waals surface area contributed by atoms with Crippen molar-refractivity contribution in [1.82, 2.24) is 5.43 Å². The Morgan fingerprint density at radius 2 is 1.84 bits per heavy atom. The molecule has 1 aliphatic carbocycles. The molecule has 3 rings (SSSR count). The van der Waals surface area contributed by atoms with Crippen LogP contribution in [0.15, 0.2) is 70.2 Å². The van der Waals surface area contributed by atoms with Crippen molar-refractivity contribution in [2.24, 2.45) is 10.5 Å². The molecular weight excluding hydrogens is 414 g/mol. The first-order valence-corrected chi connectivity index (χ1v) is 11.4. The number of ether oxygens (including phenoxy) is 1. The summed E-state index contributed by atoms with van der Waals surface area (Å²) in [5, 5.41) is 4.25. The first-order chi connectivity index (χ1) is 14.6. The summed E-state index contributed by atoms with van der Waals surface area (Å²) in [5.41, 5.74) is 5.14. The summed E-state index contributed by atoms with van der Waals surface area (Å²) in [4.78, 5) is 12.6. The molecule has 0 aromatic heterocycles. The lowest BCUT2D eigenvalue weighted by atomic mass is 9.77. The van der Waals surface area contributed by atoms with Gasteiger partial charge in [-0.05, 0) is 61.6 Å². The molecule has 164 valence electrons. The number of methoxy groups -OCH3 is 1. The molecule has 2 N–H and O–H groups in total. The number of hydrazone groups is 1. The molecule has 7 nitrogen and oxygen atoms in total. The minimum atomic E-state index is -3.92. The maximum Gasteiger partial charge on any atom is 0.271 e. The van der Waals surface area contributed by atoms with Gasteiger partial charge in [0.2, 0.25) is 0 Å². The van der Waals surface area contributed by atoms with Crippen molar-refractivity contribution in [3.8, 4) is 5.75 Å². The maximum atomic E-state index is 12.8.